The molecule has 0 radical (unpaired) electrons. The van der Waals surface area contributed by atoms with Crippen LogP contribution in [0, 0.1) is 0 Å². The Balaban J connectivity index is 2.11. The first kappa shape index (κ1) is 15.3. The predicted molar refractivity (Wildman–Crippen MR) is 76.5 cm³/mol. The van der Waals surface area contributed by atoms with Crippen molar-refractivity contribution in [1.82, 2.24) is 4.90 Å². The maximum atomic E-state index is 10.4. The lowest BCUT2D eigenvalue weighted by molar-refractivity contribution is -0.137. The molecule has 0 aromatic heterocycles. The highest BCUT2D eigenvalue weighted by Gasteiger charge is 2.02. The maximum absolute atomic E-state index is 10.4. The van der Waals surface area contributed by atoms with Crippen molar-refractivity contribution in [3.8, 4) is 0 Å². The molecule has 18 heavy (non-hydrogen) atoms. The number of nitrogens with zero attached hydrogens (tertiary/aromatic N) is 1. The van der Waals surface area contributed by atoms with Crippen molar-refractivity contribution < 1.29 is 9.90 Å². The van der Waals surface area contributed by atoms with Gasteiger partial charge in [-0.05, 0) is 50.0 Å². The molecule has 1 rings (SSSR count). The molecule has 1 N–H and O–H groups in total. The number of carbonyl (C=O) groups is 1. The van der Waals surface area contributed by atoms with Crippen LogP contribution >= 0.6 is 23.4 Å². The number of carboxylic acid groups (broad SMARTS) is 1. The lowest BCUT2D eigenvalue weighted by Crippen LogP contribution is -2.23. The van der Waals surface area contributed by atoms with Crippen LogP contribution in [-0.4, -0.2) is 41.9 Å². The van der Waals surface area contributed by atoms with E-state index in [1.54, 1.807) is 11.8 Å². The standard InChI is InChI=1S/C13H18ClNO2S/c1-15(9-7-13(16)17)8-2-10-18-12-5-3-11(14)4-6-12/h3-6H,2,7-10H2,1H3,(H,16,17). The summed E-state index contributed by atoms with van der Waals surface area (Å²) < 4.78 is 0. The molecule has 0 heterocycles. The highest BCUT2D eigenvalue weighted by Crippen LogP contribution is 2.20. The van der Waals surface area contributed by atoms with Crippen LogP contribution in [0.2, 0.25) is 5.02 Å². The van der Waals surface area contributed by atoms with Crippen LogP contribution in [-0.2, 0) is 4.79 Å². The zero-order valence-electron chi connectivity index (χ0n) is 10.4. The lowest BCUT2D eigenvalue weighted by atomic mass is 10.3. The number of thioether (sulfide) groups is 1. The molecule has 100 valence electrons. The summed E-state index contributed by atoms with van der Waals surface area (Å²) >= 11 is 7.60. The third-order valence-electron chi connectivity index (χ3n) is 2.47. The number of carboxylic acids is 1. The molecule has 0 spiro atoms. The highest BCUT2D eigenvalue weighted by atomic mass is 35.5. The van der Waals surface area contributed by atoms with E-state index in [2.05, 4.69) is 4.90 Å². The van der Waals surface area contributed by atoms with Crippen molar-refractivity contribution in [2.45, 2.75) is 17.7 Å². The van der Waals surface area contributed by atoms with E-state index in [1.807, 2.05) is 31.3 Å². The molecule has 0 saturated heterocycles. The molecule has 1 aromatic rings. The molecular formula is C13H18ClNO2S. The van der Waals surface area contributed by atoms with Crippen molar-refractivity contribution in [2.24, 2.45) is 0 Å². The fourth-order valence-electron chi connectivity index (χ4n) is 1.45. The van der Waals surface area contributed by atoms with Crippen LogP contribution in [0.1, 0.15) is 12.8 Å². The Labute approximate surface area is 117 Å². The summed E-state index contributed by atoms with van der Waals surface area (Å²) in [6.07, 6.45) is 1.25. The fourth-order valence-corrected chi connectivity index (χ4v) is 2.42. The smallest absolute Gasteiger partial charge is 0.304 e. The van der Waals surface area contributed by atoms with Crippen molar-refractivity contribution in [1.29, 1.82) is 0 Å². The zero-order chi connectivity index (χ0) is 13.4. The maximum Gasteiger partial charge on any atom is 0.304 e. The van der Waals surface area contributed by atoms with Crippen LogP contribution in [0.15, 0.2) is 29.2 Å². The van der Waals surface area contributed by atoms with E-state index in [0.717, 1.165) is 23.7 Å². The first-order chi connectivity index (χ1) is 8.58. The third kappa shape index (κ3) is 6.89. The number of hydrogen-bond donors (Lipinski definition) is 1. The molecule has 0 amide bonds. The molecular weight excluding hydrogens is 270 g/mol. The summed E-state index contributed by atoms with van der Waals surface area (Å²) in [5.74, 6) is 0.288. The van der Waals surface area contributed by atoms with Gasteiger partial charge in [0, 0.05) is 16.5 Å². The first-order valence-electron chi connectivity index (χ1n) is 5.86. The van der Waals surface area contributed by atoms with E-state index in [0.29, 0.717) is 6.54 Å². The van der Waals surface area contributed by atoms with E-state index in [4.69, 9.17) is 16.7 Å². The van der Waals surface area contributed by atoms with Crippen molar-refractivity contribution in [3.63, 3.8) is 0 Å². The molecule has 3 nitrogen and oxygen atoms in total. The summed E-state index contributed by atoms with van der Waals surface area (Å²) in [4.78, 5) is 13.7. The van der Waals surface area contributed by atoms with Gasteiger partial charge in [-0.1, -0.05) is 11.6 Å². The van der Waals surface area contributed by atoms with Crippen LogP contribution in [0.5, 0.6) is 0 Å². The van der Waals surface area contributed by atoms with Crippen LogP contribution in [0.25, 0.3) is 0 Å². The van der Waals surface area contributed by atoms with Gasteiger partial charge in [0.1, 0.15) is 0 Å². The van der Waals surface area contributed by atoms with Crippen molar-refractivity contribution in [2.75, 3.05) is 25.9 Å². The average molecular weight is 288 g/mol. The van der Waals surface area contributed by atoms with E-state index in [-0.39, 0.29) is 6.42 Å². The summed E-state index contributed by atoms with van der Waals surface area (Å²) in [6.45, 7) is 1.54. The highest BCUT2D eigenvalue weighted by molar-refractivity contribution is 7.99. The van der Waals surface area contributed by atoms with Gasteiger partial charge in [-0.25, -0.2) is 0 Å². The van der Waals surface area contributed by atoms with Gasteiger partial charge >= 0.3 is 5.97 Å². The van der Waals surface area contributed by atoms with Gasteiger partial charge < -0.3 is 10.0 Å². The van der Waals surface area contributed by atoms with Gasteiger partial charge in [-0.15, -0.1) is 11.8 Å². The normalized spacial score (nSPS) is 10.8. The molecule has 0 aliphatic carbocycles. The van der Waals surface area contributed by atoms with Crippen molar-refractivity contribution in [3.05, 3.63) is 29.3 Å². The molecule has 1 aromatic carbocycles. The molecule has 0 fully saturated rings. The van der Waals surface area contributed by atoms with Crippen LogP contribution < -0.4 is 0 Å². The van der Waals surface area contributed by atoms with Gasteiger partial charge in [0.2, 0.25) is 0 Å². The average Bonchev–Trinajstić information content (AvgIpc) is 2.34. The quantitative estimate of drug-likeness (QED) is 0.589. The number of rotatable bonds is 8. The van der Waals surface area contributed by atoms with Crippen molar-refractivity contribution >= 4 is 29.3 Å². The number of hydrogen-bond acceptors (Lipinski definition) is 3. The molecule has 0 aliphatic rings. The molecule has 0 atom stereocenters. The van der Waals surface area contributed by atoms with Gasteiger partial charge in [-0.2, -0.15) is 0 Å². The van der Waals surface area contributed by atoms with Gasteiger partial charge in [0.15, 0.2) is 0 Å². The summed E-state index contributed by atoms with van der Waals surface area (Å²) in [5, 5.41) is 9.32. The summed E-state index contributed by atoms with van der Waals surface area (Å²) in [5.41, 5.74) is 0. The fraction of sp³-hybridized carbons (Fsp3) is 0.462. The Morgan fingerprint density at radius 2 is 2.00 bits per heavy atom. The van der Waals surface area contributed by atoms with E-state index in [9.17, 15) is 4.79 Å². The Morgan fingerprint density at radius 1 is 1.33 bits per heavy atom. The molecule has 5 heteroatoms. The second-order valence-electron chi connectivity index (χ2n) is 4.10. The number of benzene rings is 1. The van der Waals surface area contributed by atoms with Crippen LogP contribution in [0.4, 0.5) is 0 Å². The second kappa shape index (κ2) is 8.40. The third-order valence-corrected chi connectivity index (χ3v) is 3.82. The molecule has 0 aliphatic heterocycles. The number of aliphatic carboxylic acids is 1. The minimum atomic E-state index is -0.739. The van der Waals surface area contributed by atoms with E-state index in [1.165, 1.54) is 4.90 Å². The van der Waals surface area contributed by atoms with E-state index >= 15 is 0 Å². The Kier molecular flexibility index (Phi) is 7.16. The first-order valence-corrected chi connectivity index (χ1v) is 7.23. The Bertz CT molecular complexity index is 370. The predicted octanol–water partition coefficient (Wildman–Crippen LogP) is 3.23. The Morgan fingerprint density at radius 3 is 2.61 bits per heavy atom. The Hall–Kier alpha value is -0.710. The van der Waals surface area contributed by atoms with Crippen LogP contribution in [0.3, 0.4) is 0 Å². The molecule has 0 saturated carbocycles. The SMILES string of the molecule is CN(CCCSc1ccc(Cl)cc1)CCC(=O)O. The second-order valence-corrected chi connectivity index (χ2v) is 5.71. The largest absolute Gasteiger partial charge is 0.481 e. The molecule has 0 unspecified atom stereocenters. The van der Waals surface area contributed by atoms with Gasteiger partial charge in [-0.3, -0.25) is 4.79 Å². The van der Waals surface area contributed by atoms with Gasteiger partial charge in [0.25, 0.3) is 0 Å². The zero-order valence-corrected chi connectivity index (χ0v) is 12.0. The molecule has 0 bridgehead atoms. The summed E-state index contributed by atoms with van der Waals surface area (Å²) in [6, 6.07) is 7.81. The monoisotopic (exact) mass is 287 g/mol. The summed E-state index contributed by atoms with van der Waals surface area (Å²) in [7, 11) is 1.95. The lowest BCUT2D eigenvalue weighted by Gasteiger charge is -2.14. The minimum absolute atomic E-state index is 0.209. The number of halogens is 1. The van der Waals surface area contributed by atoms with E-state index < -0.39 is 5.97 Å². The van der Waals surface area contributed by atoms with Gasteiger partial charge in [0.05, 0.1) is 6.42 Å². The minimum Gasteiger partial charge on any atom is -0.481 e. The topological polar surface area (TPSA) is 40.5 Å².